The smallest absolute Gasteiger partial charge is 0.179 e. The van der Waals surface area contributed by atoms with Crippen LogP contribution in [-0.2, 0) is 0 Å². The van der Waals surface area contributed by atoms with Gasteiger partial charge in [0.2, 0.25) is 0 Å². The van der Waals surface area contributed by atoms with Crippen LogP contribution in [0.25, 0.3) is 0 Å². The van der Waals surface area contributed by atoms with Crippen molar-refractivity contribution in [2.45, 2.75) is 40.7 Å². The number of rotatable bonds is 3. The first-order chi connectivity index (χ1) is 8.90. The molecule has 104 valence electrons. The molecule has 0 radical (unpaired) electrons. The lowest BCUT2D eigenvalue weighted by Gasteiger charge is -2.24. The highest BCUT2D eigenvalue weighted by molar-refractivity contribution is 6.01. The van der Waals surface area contributed by atoms with Gasteiger partial charge in [0, 0.05) is 18.7 Å². The number of nitrogens with zero attached hydrogens (tertiary/aromatic N) is 1. The molecule has 1 aromatic carbocycles. The number of benzene rings is 1. The van der Waals surface area contributed by atoms with E-state index in [1.807, 2.05) is 26.0 Å². The van der Waals surface area contributed by atoms with Crippen LogP contribution in [0.2, 0.25) is 0 Å². The summed E-state index contributed by atoms with van der Waals surface area (Å²) >= 11 is 0. The topological polar surface area (TPSA) is 20.3 Å². The first-order valence-corrected chi connectivity index (χ1v) is 7.25. The Bertz CT molecular complexity index is 470. The van der Waals surface area contributed by atoms with Crippen LogP contribution in [0.3, 0.4) is 0 Å². The molecule has 1 heterocycles. The largest absolute Gasteiger partial charge is 0.293 e. The maximum absolute atomic E-state index is 12.7. The predicted molar refractivity (Wildman–Crippen MR) is 79.6 cm³/mol. The summed E-state index contributed by atoms with van der Waals surface area (Å²) in [6.45, 7) is 12.8. The Morgan fingerprint density at radius 3 is 2.37 bits per heavy atom. The van der Waals surface area contributed by atoms with E-state index < -0.39 is 0 Å². The van der Waals surface area contributed by atoms with Gasteiger partial charge in [-0.2, -0.15) is 0 Å². The lowest BCUT2D eigenvalue weighted by molar-refractivity contribution is 0.0861. The monoisotopic (exact) mass is 259 g/mol. The molecule has 0 aromatic heterocycles. The first-order valence-electron chi connectivity index (χ1n) is 7.25. The number of hydrogen-bond donors (Lipinski definition) is 0. The van der Waals surface area contributed by atoms with Crippen molar-refractivity contribution >= 4 is 5.78 Å². The summed E-state index contributed by atoms with van der Waals surface area (Å²) in [4.78, 5) is 15.0. The molecule has 0 saturated carbocycles. The van der Waals surface area contributed by atoms with E-state index in [1.165, 1.54) is 0 Å². The molecule has 0 spiro atoms. The van der Waals surface area contributed by atoms with Gasteiger partial charge in [0.25, 0.3) is 0 Å². The van der Waals surface area contributed by atoms with Crippen LogP contribution in [-0.4, -0.2) is 29.8 Å². The van der Waals surface area contributed by atoms with Crippen molar-refractivity contribution in [1.29, 1.82) is 0 Å². The van der Waals surface area contributed by atoms with E-state index in [4.69, 9.17) is 0 Å². The van der Waals surface area contributed by atoms with Crippen molar-refractivity contribution in [1.82, 2.24) is 4.90 Å². The van der Waals surface area contributed by atoms with Gasteiger partial charge >= 0.3 is 0 Å². The fourth-order valence-corrected chi connectivity index (χ4v) is 2.88. The summed E-state index contributed by atoms with van der Waals surface area (Å²) in [5.41, 5.74) is 3.13. The third-order valence-electron chi connectivity index (χ3n) is 4.60. The zero-order valence-corrected chi connectivity index (χ0v) is 12.7. The summed E-state index contributed by atoms with van der Waals surface area (Å²) in [6.07, 6.45) is 0. The SMILES string of the molecule is Cc1ccc(C)c(C(=O)C(C)N2CC(C)C(C)C2)c1. The van der Waals surface area contributed by atoms with Crippen molar-refractivity contribution < 1.29 is 4.79 Å². The number of aryl methyl sites for hydroxylation is 2. The molecule has 0 N–H and O–H groups in total. The molecule has 1 saturated heterocycles. The average Bonchev–Trinajstić information content (AvgIpc) is 2.71. The molecule has 1 aromatic rings. The third kappa shape index (κ3) is 2.89. The van der Waals surface area contributed by atoms with Crippen molar-refractivity contribution in [2.24, 2.45) is 11.8 Å². The minimum atomic E-state index is -0.00657. The van der Waals surface area contributed by atoms with Crippen molar-refractivity contribution in [3.05, 3.63) is 34.9 Å². The average molecular weight is 259 g/mol. The molecule has 19 heavy (non-hydrogen) atoms. The number of carbonyl (C=O) groups excluding carboxylic acids is 1. The second kappa shape index (κ2) is 5.46. The standard InChI is InChI=1S/C17H25NO/c1-11-6-7-12(2)16(8-11)17(19)15(5)18-9-13(3)14(4)10-18/h6-8,13-15H,9-10H2,1-5H3. The molecule has 1 aliphatic rings. The zero-order chi connectivity index (χ0) is 14.2. The number of likely N-dealkylation sites (tertiary alicyclic amines) is 1. The maximum atomic E-state index is 12.7. The Hall–Kier alpha value is -1.15. The molecule has 0 bridgehead atoms. The quantitative estimate of drug-likeness (QED) is 0.775. The highest BCUT2D eigenvalue weighted by atomic mass is 16.1. The Morgan fingerprint density at radius 2 is 1.79 bits per heavy atom. The number of Topliss-reactive ketones (excluding diaryl/α,β-unsaturated/α-hetero) is 1. The fourth-order valence-electron chi connectivity index (χ4n) is 2.88. The van der Waals surface area contributed by atoms with Crippen LogP contribution < -0.4 is 0 Å². The fraction of sp³-hybridized carbons (Fsp3) is 0.588. The Morgan fingerprint density at radius 1 is 1.21 bits per heavy atom. The van der Waals surface area contributed by atoms with Crippen molar-refractivity contribution in [3.8, 4) is 0 Å². The predicted octanol–water partition coefficient (Wildman–Crippen LogP) is 3.46. The molecule has 0 aliphatic carbocycles. The van der Waals surface area contributed by atoms with E-state index >= 15 is 0 Å². The minimum Gasteiger partial charge on any atom is -0.293 e. The van der Waals surface area contributed by atoms with Crippen molar-refractivity contribution in [2.75, 3.05) is 13.1 Å². The van der Waals surface area contributed by atoms with Gasteiger partial charge in [-0.1, -0.05) is 31.5 Å². The summed E-state index contributed by atoms with van der Waals surface area (Å²) < 4.78 is 0. The van der Waals surface area contributed by atoms with Gasteiger partial charge < -0.3 is 0 Å². The maximum Gasteiger partial charge on any atom is 0.179 e. The molecular weight excluding hydrogens is 234 g/mol. The van der Waals surface area contributed by atoms with Crippen LogP contribution in [0.4, 0.5) is 0 Å². The van der Waals surface area contributed by atoms with Crippen LogP contribution in [0.1, 0.15) is 42.3 Å². The second-order valence-electron chi connectivity index (χ2n) is 6.27. The molecule has 2 rings (SSSR count). The van der Waals surface area contributed by atoms with Crippen LogP contribution in [0, 0.1) is 25.7 Å². The summed E-state index contributed by atoms with van der Waals surface area (Å²) in [7, 11) is 0. The minimum absolute atomic E-state index is 0.00657. The summed E-state index contributed by atoms with van der Waals surface area (Å²) in [5, 5.41) is 0. The molecule has 2 heteroatoms. The number of hydrogen-bond acceptors (Lipinski definition) is 2. The van der Waals surface area contributed by atoms with Crippen LogP contribution in [0.15, 0.2) is 18.2 Å². The van der Waals surface area contributed by atoms with Gasteiger partial charge in [0.15, 0.2) is 5.78 Å². The van der Waals surface area contributed by atoms with E-state index in [-0.39, 0.29) is 11.8 Å². The van der Waals surface area contributed by atoms with E-state index in [1.54, 1.807) is 0 Å². The third-order valence-corrected chi connectivity index (χ3v) is 4.60. The van der Waals surface area contributed by atoms with Crippen LogP contribution in [0.5, 0.6) is 0 Å². The van der Waals surface area contributed by atoms with E-state index in [0.29, 0.717) is 11.8 Å². The molecule has 2 nitrogen and oxygen atoms in total. The molecule has 1 fully saturated rings. The zero-order valence-electron chi connectivity index (χ0n) is 12.7. The van der Waals surface area contributed by atoms with Gasteiger partial charge in [-0.3, -0.25) is 9.69 Å². The molecule has 0 amide bonds. The summed E-state index contributed by atoms with van der Waals surface area (Å²) in [5.74, 6) is 1.64. The number of carbonyl (C=O) groups is 1. The molecule has 1 aliphatic heterocycles. The highest BCUT2D eigenvalue weighted by Gasteiger charge is 2.32. The molecule has 3 atom stereocenters. The number of ketones is 1. The lowest BCUT2D eigenvalue weighted by atomic mass is 9.97. The first kappa shape index (κ1) is 14.3. The molecular formula is C17H25NO. The van der Waals surface area contributed by atoms with E-state index in [2.05, 4.69) is 31.7 Å². The van der Waals surface area contributed by atoms with Gasteiger partial charge in [0.05, 0.1) is 6.04 Å². The van der Waals surface area contributed by atoms with Crippen LogP contribution >= 0.6 is 0 Å². The Labute approximate surface area is 116 Å². The van der Waals surface area contributed by atoms with Gasteiger partial charge in [-0.15, -0.1) is 0 Å². The Balaban J connectivity index is 2.17. The van der Waals surface area contributed by atoms with Gasteiger partial charge in [-0.25, -0.2) is 0 Å². The normalized spacial score (nSPS) is 25.5. The second-order valence-corrected chi connectivity index (χ2v) is 6.27. The van der Waals surface area contributed by atoms with E-state index in [9.17, 15) is 4.79 Å². The van der Waals surface area contributed by atoms with Crippen molar-refractivity contribution in [3.63, 3.8) is 0 Å². The lowest BCUT2D eigenvalue weighted by Crippen LogP contribution is -2.37. The Kier molecular flexibility index (Phi) is 4.10. The van der Waals surface area contributed by atoms with E-state index in [0.717, 1.165) is 29.8 Å². The summed E-state index contributed by atoms with van der Waals surface area (Å²) in [6, 6.07) is 6.13. The van der Waals surface area contributed by atoms with Gasteiger partial charge in [-0.05, 0) is 44.2 Å². The molecule has 3 unspecified atom stereocenters. The highest BCUT2D eigenvalue weighted by Crippen LogP contribution is 2.25. The van der Waals surface area contributed by atoms with Gasteiger partial charge in [0.1, 0.15) is 0 Å².